The van der Waals surface area contributed by atoms with E-state index in [2.05, 4.69) is 15.3 Å². The summed E-state index contributed by atoms with van der Waals surface area (Å²) in [7, 11) is 0. The molecule has 3 aromatic rings. The van der Waals surface area contributed by atoms with Crippen molar-refractivity contribution >= 4 is 23.5 Å². The minimum Gasteiger partial charge on any atom is -0.395 e. The second kappa shape index (κ2) is 9.86. The normalized spacial score (nSPS) is 19.3. The van der Waals surface area contributed by atoms with Crippen LogP contribution in [0.5, 0.6) is 0 Å². The number of aryl methyl sites for hydroxylation is 1. The van der Waals surface area contributed by atoms with E-state index >= 15 is 0 Å². The van der Waals surface area contributed by atoms with Gasteiger partial charge in [-0.1, -0.05) is 23.7 Å². The smallest absolute Gasteiger partial charge is 0.268 e. The number of carbonyl (C=O) groups excluding carboxylic acids is 1. The van der Waals surface area contributed by atoms with E-state index in [1.165, 1.54) is 6.20 Å². The number of hydrogen-bond donors (Lipinski definition) is 4. The average Bonchev–Trinajstić information content (AvgIpc) is 3.22. The topological polar surface area (TPSA) is 139 Å². The van der Waals surface area contributed by atoms with Crippen LogP contribution < -0.4 is 11.1 Å². The van der Waals surface area contributed by atoms with Crippen LogP contribution in [-0.2, 0) is 0 Å². The predicted octanol–water partition coefficient (Wildman–Crippen LogP) is 2.56. The van der Waals surface area contributed by atoms with Crippen LogP contribution in [-0.4, -0.2) is 54.4 Å². The highest BCUT2D eigenvalue weighted by atomic mass is 35.5. The summed E-state index contributed by atoms with van der Waals surface area (Å²) in [5.41, 5.74) is 7.10. The molecule has 1 aliphatic rings. The molecular formula is C23H27ClN6O3. The molecule has 1 saturated carbocycles. The summed E-state index contributed by atoms with van der Waals surface area (Å²) in [5, 5.41) is 23.9. The zero-order chi connectivity index (χ0) is 23.5. The second-order valence-electron chi connectivity index (χ2n) is 8.36. The van der Waals surface area contributed by atoms with Crippen LogP contribution in [0.3, 0.4) is 0 Å². The number of anilines is 1. The van der Waals surface area contributed by atoms with E-state index in [9.17, 15) is 15.0 Å². The Morgan fingerprint density at radius 3 is 2.73 bits per heavy atom. The van der Waals surface area contributed by atoms with Gasteiger partial charge in [-0.2, -0.15) is 4.98 Å². The van der Waals surface area contributed by atoms with Gasteiger partial charge in [-0.3, -0.25) is 9.36 Å². The molecule has 2 heterocycles. The van der Waals surface area contributed by atoms with Gasteiger partial charge < -0.3 is 21.3 Å². The van der Waals surface area contributed by atoms with Crippen molar-refractivity contribution in [3.05, 3.63) is 64.3 Å². The van der Waals surface area contributed by atoms with Crippen LogP contribution >= 0.6 is 11.6 Å². The lowest BCUT2D eigenvalue weighted by Gasteiger charge is -2.26. The maximum absolute atomic E-state index is 11.9. The largest absolute Gasteiger partial charge is 0.395 e. The fraction of sp³-hybridized carbons (Fsp3) is 0.391. The van der Waals surface area contributed by atoms with Crippen LogP contribution in [0, 0.1) is 6.92 Å². The van der Waals surface area contributed by atoms with Gasteiger partial charge in [0.2, 0.25) is 5.95 Å². The summed E-state index contributed by atoms with van der Waals surface area (Å²) >= 11 is 6.17. The van der Waals surface area contributed by atoms with Crippen LogP contribution in [0.2, 0.25) is 5.02 Å². The predicted molar refractivity (Wildman–Crippen MR) is 125 cm³/mol. The van der Waals surface area contributed by atoms with Crippen LogP contribution in [0.4, 0.5) is 5.95 Å². The van der Waals surface area contributed by atoms with E-state index in [1.54, 1.807) is 29.0 Å². The zero-order valence-electron chi connectivity index (χ0n) is 18.3. The highest BCUT2D eigenvalue weighted by molar-refractivity contribution is 6.30. The van der Waals surface area contributed by atoms with Gasteiger partial charge >= 0.3 is 0 Å². The number of primary amides is 1. The molecule has 2 aromatic heterocycles. The molecule has 174 valence electrons. The summed E-state index contributed by atoms with van der Waals surface area (Å²) in [5.74, 6) is 0.160. The molecule has 0 spiro atoms. The number of hydrogen-bond acceptors (Lipinski definition) is 7. The Hall–Kier alpha value is -3.01. The van der Waals surface area contributed by atoms with Gasteiger partial charge in [0.15, 0.2) is 0 Å². The van der Waals surface area contributed by atoms with E-state index < -0.39 is 11.8 Å². The highest BCUT2D eigenvalue weighted by Gasteiger charge is 2.25. The molecule has 0 bridgehead atoms. The number of carbonyl (C=O) groups is 1. The summed E-state index contributed by atoms with van der Waals surface area (Å²) in [6.45, 7) is 1.60. The number of amides is 1. The Kier molecular flexibility index (Phi) is 6.92. The van der Waals surface area contributed by atoms with Gasteiger partial charge in [0.25, 0.3) is 5.91 Å². The molecule has 9 nitrogen and oxygen atoms in total. The molecule has 5 N–H and O–H groups in total. The SMILES string of the molecule is Cc1cnc(NC2CCC(O)CC2)nc1-n1cc(C(N)=O)nc1[C@@H](CO)c1cccc(Cl)c1. The number of nitrogens with one attached hydrogen (secondary N) is 1. The summed E-state index contributed by atoms with van der Waals surface area (Å²) in [6, 6.07) is 7.30. The number of halogens is 1. The molecule has 33 heavy (non-hydrogen) atoms. The first kappa shape index (κ1) is 23.2. The monoisotopic (exact) mass is 470 g/mol. The Morgan fingerprint density at radius 1 is 1.30 bits per heavy atom. The summed E-state index contributed by atoms with van der Waals surface area (Å²) in [6.07, 6.45) is 6.11. The Morgan fingerprint density at radius 2 is 2.06 bits per heavy atom. The first-order valence-electron chi connectivity index (χ1n) is 10.9. The van der Waals surface area contributed by atoms with Gasteiger partial charge in [0.05, 0.1) is 18.6 Å². The molecule has 0 radical (unpaired) electrons. The number of aliphatic hydroxyl groups is 2. The van der Waals surface area contributed by atoms with Gasteiger partial charge in [-0.15, -0.1) is 0 Å². The van der Waals surface area contributed by atoms with E-state index in [1.807, 2.05) is 13.0 Å². The number of aromatic nitrogens is 4. The van der Waals surface area contributed by atoms with Crippen LogP contribution in [0.15, 0.2) is 36.7 Å². The van der Waals surface area contributed by atoms with Crippen molar-refractivity contribution in [1.29, 1.82) is 0 Å². The molecule has 0 saturated heterocycles. The number of nitrogens with zero attached hydrogens (tertiary/aromatic N) is 4. The molecule has 1 aliphatic carbocycles. The van der Waals surface area contributed by atoms with Crippen molar-refractivity contribution in [3.63, 3.8) is 0 Å². The van der Waals surface area contributed by atoms with Crippen molar-refractivity contribution in [1.82, 2.24) is 19.5 Å². The number of nitrogens with two attached hydrogens (primary N) is 1. The molecule has 0 aliphatic heterocycles. The number of rotatable bonds is 7. The maximum atomic E-state index is 11.9. The molecule has 4 rings (SSSR count). The lowest BCUT2D eigenvalue weighted by Crippen LogP contribution is -2.29. The fourth-order valence-electron chi connectivity index (χ4n) is 4.14. The third-order valence-electron chi connectivity index (χ3n) is 5.93. The van der Waals surface area contributed by atoms with Gasteiger partial charge in [-0.05, 0) is 50.3 Å². The van der Waals surface area contributed by atoms with Crippen molar-refractivity contribution in [2.45, 2.75) is 50.7 Å². The average molecular weight is 471 g/mol. The Labute approximate surface area is 196 Å². The lowest BCUT2D eigenvalue weighted by molar-refractivity contribution is 0.0995. The molecular weight excluding hydrogens is 444 g/mol. The molecule has 1 fully saturated rings. The van der Waals surface area contributed by atoms with E-state index in [0.717, 1.165) is 36.8 Å². The van der Waals surface area contributed by atoms with Gasteiger partial charge in [-0.25, -0.2) is 9.97 Å². The minimum absolute atomic E-state index is 0.0688. The zero-order valence-corrected chi connectivity index (χ0v) is 19.0. The fourth-order valence-corrected chi connectivity index (χ4v) is 4.34. The van der Waals surface area contributed by atoms with E-state index in [0.29, 0.717) is 22.6 Å². The third kappa shape index (κ3) is 5.16. The summed E-state index contributed by atoms with van der Waals surface area (Å²) < 4.78 is 1.68. The molecule has 0 unspecified atom stereocenters. The number of benzene rings is 1. The van der Waals surface area contributed by atoms with Crippen LogP contribution in [0.1, 0.15) is 59.0 Å². The Bertz CT molecular complexity index is 1140. The number of aliphatic hydroxyl groups excluding tert-OH is 2. The van der Waals surface area contributed by atoms with E-state index in [4.69, 9.17) is 22.3 Å². The molecule has 10 heteroatoms. The Balaban J connectivity index is 1.74. The standard InChI is InChI=1S/C23H27ClN6O3/c1-13-10-26-23(27-16-5-7-17(32)8-6-16)29-21(13)30-11-19(20(25)33)28-22(30)18(12-31)14-3-2-4-15(24)9-14/h2-4,9-11,16-18,31-32H,5-8,12H2,1H3,(H2,25,33)(H,26,27,29)/t16?,17?,18-/m0/s1. The van der Waals surface area contributed by atoms with Crippen molar-refractivity contribution in [2.24, 2.45) is 5.73 Å². The maximum Gasteiger partial charge on any atom is 0.268 e. The molecule has 1 atom stereocenters. The minimum atomic E-state index is -0.677. The highest BCUT2D eigenvalue weighted by Crippen LogP contribution is 2.29. The quantitative estimate of drug-likeness (QED) is 0.416. The summed E-state index contributed by atoms with van der Waals surface area (Å²) in [4.78, 5) is 25.5. The molecule has 1 aromatic carbocycles. The van der Waals surface area contributed by atoms with E-state index in [-0.39, 0.29) is 24.4 Å². The van der Waals surface area contributed by atoms with Crippen molar-refractivity contribution in [3.8, 4) is 5.82 Å². The number of imidazole rings is 1. The third-order valence-corrected chi connectivity index (χ3v) is 6.17. The first-order valence-corrected chi connectivity index (χ1v) is 11.3. The van der Waals surface area contributed by atoms with Crippen LogP contribution in [0.25, 0.3) is 5.82 Å². The second-order valence-corrected chi connectivity index (χ2v) is 8.80. The molecule has 1 amide bonds. The van der Waals surface area contributed by atoms with Gasteiger partial charge in [0.1, 0.15) is 17.3 Å². The van der Waals surface area contributed by atoms with Crippen molar-refractivity contribution in [2.75, 3.05) is 11.9 Å². The van der Waals surface area contributed by atoms with Gasteiger partial charge in [0, 0.05) is 29.0 Å². The lowest BCUT2D eigenvalue weighted by atomic mass is 9.93. The van der Waals surface area contributed by atoms with Crippen molar-refractivity contribution < 1.29 is 15.0 Å². The first-order chi connectivity index (χ1) is 15.9.